The fourth-order valence-electron chi connectivity index (χ4n) is 3.16. The molecule has 0 aliphatic heterocycles. The minimum absolute atomic E-state index is 0.125. The standard InChI is InChI=1S/C21H21F2N3O3/c1-28-7-8-29-12-16-14(3-2-4-17(16)22)13-5-6-20-24-19(11-26(20)10-13)25-21(27)15-9-18(15)23/h2-6,10-11,15,18H,7-9,12H2,1H3,(H,25,27)/t15-,18+/m1/s1. The van der Waals surface area contributed by atoms with Crippen LogP contribution < -0.4 is 5.32 Å². The summed E-state index contributed by atoms with van der Waals surface area (Å²) in [6.07, 6.45) is 2.66. The highest BCUT2D eigenvalue weighted by molar-refractivity contribution is 5.94. The maximum atomic E-state index is 14.4. The van der Waals surface area contributed by atoms with Crippen LogP contribution in [0.5, 0.6) is 0 Å². The number of aromatic nitrogens is 2. The number of nitrogens with zero attached hydrogens (tertiary/aromatic N) is 2. The Hall–Kier alpha value is -2.84. The van der Waals surface area contributed by atoms with E-state index in [1.54, 1.807) is 36.0 Å². The van der Waals surface area contributed by atoms with Crippen molar-refractivity contribution in [3.05, 3.63) is 54.1 Å². The van der Waals surface area contributed by atoms with Crippen molar-refractivity contribution >= 4 is 17.4 Å². The van der Waals surface area contributed by atoms with Gasteiger partial charge in [-0.15, -0.1) is 0 Å². The molecule has 3 aromatic rings. The summed E-state index contributed by atoms with van der Waals surface area (Å²) in [6, 6.07) is 8.49. The number of pyridine rings is 1. The number of imidazole rings is 1. The maximum Gasteiger partial charge on any atom is 0.231 e. The van der Waals surface area contributed by atoms with Crippen LogP contribution in [0.25, 0.3) is 16.8 Å². The lowest BCUT2D eigenvalue weighted by Gasteiger charge is -2.12. The van der Waals surface area contributed by atoms with E-state index in [0.29, 0.717) is 35.8 Å². The molecule has 0 radical (unpaired) electrons. The van der Waals surface area contributed by atoms with E-state index in [-0.39, 0.29) is 24.8 Å². The average Bonchev–Trinajstić information content (AvgIpc) is 3.31. The quantitative estimate of drug-likeness (QED) is 0.586. The Bertz CT molecular complexity index is 1040. The zero-order valence-corrected chi connectivity index (χ0v) is 15.9. The van der Waals surface area contributed by atoms with Gasteiger partial charge in [-0.25, -0.2) is 13.8 Å². The van der Waals surface area contributed by atoms with Gasteiger partial charge in [-0.3, -0.25) is 4.79 Å². The van der Waals surface area contributed by atoms with Gasteiger partial charge in [0.05, 0.1) is 31.9 Å². The number of methoxy groups -OCH3 is 1. The van der Waals surface area contributed by atoms with Crippen molar-refractivity contribution in [2.75, 3.05) is 25.6 Å². The summed E-state index contributed by atoms with van der Waals surface area (Å²) in [5.74, 6) is -0.928. The Morgan fingerprint density at radius 2 is 2.10 bits per heavy atom. The number of benzene rings is 1. The number of anilines is 1. The van der Waals surface area contributed by atoms with Crippen LogP contribution in [0.4, 0.5) is 14.6 Å². The molecular formula is C21H21F2N3O3. The third-order valence-corrected chi connectivity index (χ3v) is 4.86. The molecule has 1 aromatic carbocycles. The summed E-state index contributed by atoms with van der Waals surface area (Å²) >= 11 is 0. The Morgan fingerprint density at radius 1 is 1.28 bits per heavy atom. The number of carbonyl (C=O) groups is 1. The molecule has 1 fully saturated rings. The molecule has 152 valence electrons. The predicted octanol–water partition coefficient (Wildman–Crippen LogP) is 3.60. The zero-order valence-electron chi connectivity index (χ0n) is 15.9. The lowest BCUT2D eigenvalue weighted by Crippen LogP contribution is -2.15. The van der Waals surface area contributed by atoms with Crippen molar-refractivity contribution in [1.82, 2.24) is 9.38 Å². The molecule has 8 heteroatoms. The fraction of sp³-hybridized carbons (Fsp3) is 0.333. The van der Waals surface area contributed by atoms with Gasteiger partial charge in [0.2, 0.25) is 5.91 Å². The maximum absolute atomic E-state index is 14.4. The number of amides is 1. The van der Waals surface area contributed by atoms with Crippen LogP contribution in [0, 0.1) is 11.7 Å². The largest absolute Gasteiger partial charge is 0.382 e. The van der Waals surface area contributed by atoms with Gasteiger partial charge in [-0.2, -0.15) is 0 Å². The highest BCUT2D eigenvalue weighted by Gasteiger charge is 2.43. The van der Waals surface area contributed by atoms with Crippen molar-refractivity contribution < 1.29 is 23.0 Å². The number of alkyl halides is 1. The molecule has 1 aliphatic rings. The third-order valence-electron chi connectivity index (χ3n) is 4.86. The minimum atomic E-state index is -1.06. The molecule has 0 unspecified atom stereocenters. The summed E-state index contributed by atoms with van der Waals surface area (Å²) < 4.78 is 39.7. The summed E-state index contributed by atoms with van der Waals surface area (Å²) in [4.78, 5) is 16.2. The van der Waals surface area contributed by atoms with Crippen LogP contribution >= 0.6 is 0 Å². The highest BCUT2D eigenvalue weighted by Crippen LogP contribution is 2.34. The smallest absolute Gasteiger partial charge is 0.231 e. The van der Waals surface area contributed by atoms with Gasteiger partial charge >= 0.3 is 0 Å². The second kappa shape index (κ2) is 8.26. The van der Waals surface area contributed by atoms with Crippen LogP contribution in [0.15, 0.2) is 42.7 Å². The molecule has 0 saturated heterocycles. The minimum Gasteiger partial charge on any atom is -0.382 e. The van der Waals surface area contributed by atoms with Gasteiger partial charge < -0.3 is 19.2 Å². The van der Waals surface area contributed by atoms with Crippen molar-refractivity contribution in [3.63, 3.8) is 0 Å². The lowest BCUT2D eigenvalue weighted by atomic mass is 10.0. The number of halogens is 2. The Labute approximate surface area is 166 Å². The van der Waals surface area contributed by atoms with E-state index in [1.807, 2.05) is 12.1 Å². The molecule has 0 spiro atoms. The lowest BCUT2D eigenvalue weighted by molar-refractivity contribution is -0.117. The van der Waals surface area contributed by atoms with Gasteiger partial charge in [0.25, 0.3) is 0 Å². The Balaban J connectivity index is 1.57. The van der Waals surface area contributed by atoms with E-state index in [1.165, 1.54) is 6.07 Å². The Kier molecular flexibility index (Phi) is 5.55. The number of ether oxygens (including phenoxy) is 2. The zero-order chi connectivity index (χ0) is 20.4. The molecule has 4 rings (SSSR count). The van der Waals surface area contributed by atoms with Gasteiger partial charge in [-0.05, 0) is 35.7 Å². The van der Waals surface area contributed by atoms with E-state index in [9.17, 15) is 13.6 Å². The van der Waals surface area contributed by atoms with Crippen molar-refractivity contribution in [1.29, 1.82) is 0 Å². The van der Waals surface area contributed by atoms with Crippen LogP contribution in [-0.4, -0.2) is 41.8 Å². The van der Waals surface area contributed by atoms with E-state index in [4.69, 9.17) is 9.47 Å². The highest BCUT2D eigenvalue weighted by atomic mass is 19.1. The van der Waals surface area contributed by atoms with Gasteiger partial charge in [-0.1, -0.05) is 12.1 Å². The number of carbonyl (C=O) groups excluding carboxylic acids is 1. The fourth-order valence-corrected chi connectivity index (χ4v) is 3.16. The summed E-state index contributed by atoms with van der Waals surface area (Å²) in [5, 5.41) is 2.64. The molecule has 0 bridgehead atoms. The van der Waals surface area contributed by atoms with E-state index < -0.39 is 12.1 Å². The Morgan fingerprint density at radius 3 is 2.86 bits per heavy atom. The first-order chi connectivity index (χ1) is 14.1. The van der Waals surface area contributed by atoms with Crippen molar-refractivity contribution in [2.24, 2.45) is 5.92 Å². The number of hydrogen-bond donors (Lipinski definition) is 1. The first kappa shape index (κ1) is 19.5. The number of hydrogen-bond acceptors (Lipinski definition) is 4. The number of nitrogens with one attached hydrogen (secondary N) is 1. The molecule has 1 N–H and O–H groups in total. The molecule has 2 atom stereocenters. The first-order valence-corrected chi connectivity index (χ1v) is 9.35. The van der Waals surface area contributed by atoms with Crippen LogP contribution in [0.1, 0.15) is 12.0 Å². The monoisotopic (exact) mass is 401 g/mol. The molecule has 2 aromatic heterocycles. The van der Waals surface area contributed by atoms with Crippen LogP contribution in [0.3, 0.4) is 0 Å². The van der Waals surface area contributed by atoms with Crippen molar-refractivity contribution in [3.8, 4) is 11.1 Å². The van der Waals surface area contributed by atoms with Crippen LogP contribution in [0.2, 0.25) is 0 Å². The summed E-state index contributed by atoms with van der Waals surface area (Å²) in [5.41, 5.74) is 2.57. The normalized spacial score (nSPS) is 18.2. The second-order valence-corrected chi connectivity index (χ2v) is 6.97. The molecule has 6 nitrogen and oxygen atoms in total. The van der Waals surface area contributed by atoms with Gasteiger partial charge in [0, 0.05) is 18.9 Å². The predicted molar refractivity (Wildman–Crippen MR) is 104 cm³/mol. The number of fused-ring (bicyclic) bond motifs is 1. The van der Waals surface area contributed by atoms with E-state index >= 15 is 0 Å². The van der Waals surface area contributed by atoms with E-state index in [2.05, 4.69) is 10.3 Å². The van der Waals surface area contributed by atoms with Gasteiger partial charge in [0.1, 0.15) is 17.6 Å². The van der Waals surface area contributed by atoms with Crippen molar-refractivity contribution in [2.45, 2.75) is 19.2 Å². The summed E-state index contributed by atoms with van der Waals surface area (Å²) in [7, 11) is 1.58. The molecule has 2 heterocycles. The summed E-state index contributed by atoms with van der Waals surface area (Å²) in [6.45, 7) is 0.929. The SMILES string of the molecule is COCCOCc1c(F)cccc1-c1ccc2nc(NC(=O)[C@@H]3C[C@@H]3F)cn2c1. The topological polar surface area (TPSA) is 64.9 Å². The molecule has 1 amide bonds. The molecular weight excluding hydrogens is 380 g/mol. The third kappa shape index (κ3) is 4.28. The second-order valence-electron chi connectivity index (χ2n) is 6.97. The van der Waals surface area contributed by atoms with Gasteiger partial charge in [0.15, 0.2) is 5.82 Å². The molecule has 29 heavy (non-hydrogen) atoms. The molecule has 1 aliphatic carbocycles. The molecule has 1 saturated carbocycles. The average molecular weight is 401 g/mol. The first-order valence-electron chi connectivity index (χ1n) is 9.35. The number of rotatable bonds is 8. The van der Waals surface area contributed by atoms with Crippen LogP contribution in [-0.2, 0) is 20.9 Å². The van der Waals surface area contributed by atoms with E-state index in [0.717, 1.165) is 5.56 Å².